The second-order valence-electron chi connectivity index (χ2n) is 4.25. The van der Waals surface area contributed by atoms with Crippen molar-refractivity contribution >= 4 is 5.91 Å². The maximum atomic E-state index is 11.9. The molecule has 94 valence electrons. The van der Waals surface area contributed by atoms with E-state index in [2.05, 4.69) is 30.4 Å². The molecule has 3 heteroatoms. The molecule has 0 saturated heterocycles. The maximum Gasteiger partial charge on any atom is 0.224 e. The number of benzene rings is 1. The Bertz CT molecular complexity index is 363. The van der Waals surface area contributed by atoms with Gasteiger partial charge in [-0.25, -0.2) is 0 Å². The van der Waals surface area contributed by atoms with Gasteiger partial charge in [0.2, 0.25) is 5.91 Å². The summed E-state index contributed by atoms with van der Waals surface area (Å²) in [6.07, 6.45) is 0.566. The summed E-state index contributed by atoms with van der Waals surface area (Å²) in [5.74, 6) is 0.211. The topological polar surface area (TPSA) is 32.3 Å². The molecule has 1 aromatic rings. The van der Waals surface area contributed by atoms with Crippen LogP contribution in [0.1, 0.15) is 24.5 Å². The lowest BCUT2D eigenvalue weighted by molar-refractivity contribution is -0.131. The highest BCUT2D eigenvalue weighted by Crippen LogP contribution is 2.08. The molecular formula is C14H22N2O. The first kappa shape index (κ1) is 13.7. The molecule has 0 aromatic heterocycles. The van der Waals surface area contributed by atoms with Gasteiger partial charge in [-0.2, -0.15) is 0 Å². The molecule has 0 heterocycles. The minimum absolute atomic E-state index is 0.211. The molecule has 0 aliphatic heterocycles. The van der Waals surface area contributed by atoms with Crippen molar-refractivity contribution in [1.82, 2.24) is 10.2 Å². The van der Waals surface area contributed by atoms with Gasteiger partial charge in [-0.05, 0) is 26.5 Å². The fourth-order valence-corrected chi connectivity index (χ4v) is 1.80. The van der Waals surface area contributed by atoms with Gasteiger partial charge in [-0.15, -0.1) is 0 Å². The molecule has 17 heavy (non-hydrogen) atoms. The van der Waals surface area contributed by atoms with Crippen LogP contribution in [-0.2, 0) is 11.3 Å². The van der Waals surface area contributed by atoms with Crippen molar-refractivity contribution in [1.29, 1.82) is 0 Å². The third-order valence-electron chi connectivity index (χ3n) is 2.78. The molecule has 0 atom stereocenters. The molecule has 3 nitrogen and oxygen atoms in total. The molecule has 0 unspecified atom stereocenters. The first-order valence-corrected chi connectivity index (χ1v) is 6.15. The molecule has 0 spiro atoms. The molecule has 0 bridgehead atoms. The van der Waals surface area contributed by atoms with Crippen molar-refractivity contribution in [3.8, 4) is 0 Å². The molecule has 1 N–H and O–H groups in total. The Morgan fingerprint density at radius 3 is 2.76 bits per heavy atom. The summed E-state index contributed by atoms with van der Waals surface area (Å²) in [7, 11) is 1.87. The van der Waals surface area contributed by atoms with E-state index in [1.165, 1.54) is 11.1 Å². The molecule has 1 rings (SSSR count). The minimum Gasteiger partial charge on any atom is -0.339 e. The highest BCUT2D eigenvalue weighted by molar-refractivity contribution is 5.76. The lowest BCUT2D eigenvalue weighted by atomic mass is 10.1. The van der Waals surface area contributed by atoms with Crippen LogP contribution in [0.2, 0.25) is 0 Å². The molecule has 1 aromatic carbocycles. The van der Waals surface area contributed by atoms with E-state index in [1.54, 1.807) is 0 Å². The summed E-state index contributed by atoms with van der Waals surface area (Å²) in [6, 6.07) is 8.31. The van der Waals surface area contributed by atoms with Crippen LogP contribution in [0.25, 0.3) is 0 Å². The van der Waals surface area contributed by atoms with Gasteiger partial charge in [0.05, 0.1) is 0 Å². The zero-order valence-corrected chi connectivity index (χ0v) is 11.0. The Balaban J connectivity index is 2.60. The third kappa shape index (κ3) is 4.57. The highest BCUT2D eigenvalue weighted by Gasteiger charge is 2.11. The van der Waals surface area contributed by atoms with Crippen molar-refractivity contribution in [3.63, 3.8) is 0 Å². The van der Waals surface area contributed by atoms with Gasteiger partial charge >= 0.3 is 0 Å². The summed E-state index contributed by atoms with van der Waals surface area (Å²) < 4.78 is 0. The third-order valence-corrected chi connectivity index (χ3v) is 2.78. The van der Waals surface area contributed by atoms with Crippen LogP contribution in [0.15, 0.2) is 24.3 Å². The second-order valence-corrected chi connectivity index (χ2v) is 4.25. The van der Waals surface area contributed by atoms with Crippen LogP contribution < -0.4 is 5.32 Å². The lowest BCUT2D eigenvalue weighted by Crippen LogP contribution is -2.32. The molecule has 0 radical (unpaired) electrons. The smallest absolute Gasteiger partial charge is 0.224 e. The Hall–Kier alpha value is -1.35. The van der Waals surface area contributed by atoms with Gasteiger partial charge in [0.1, 0.15) is 0 Å². The van der Waals surface area contributed by atoms with Crippen LogP contribution in [0.3, 0.4) is 0 Å². The standard InChI is InChI=1S/C14H22N2O/c1-4-16(14(17)8-9-15-3)11-13-7-5-6-12(2)10-13/h5-7,10,15H,4,8-9,11H2,1-3H3. The van der Waals surface area contributed by atoms with Crippen LogP contribution in [-0.4, -0.2) is 30.9 Å². The van der Waals surface area contributed by atoms with Crippen molar-refractivity contribution in [2.24, 2.45) is 0 Å². The van der Waals surface area contributed by atoms with E-state index in [0.717, 1.165) is 13.1 Å². The number of rotatable bonds is 6. The van der Waals surface area contributed by atoms with Crippen molar-refractivity contribution in [2.45, 2.75) is 26.8 Å². The van der Waals surface area contributed by atoms with Crippen molar-refractivity contribution < 1.29 is 4.79 Å². The zero-order chi connectivity index (χ0) is 12.7. The van der Waals surface area contributed by atoms with Crippen LogP contribution in [0.4, 0.5) is 0 Å². The van der Waals surface area contributed by atoms with E-state index in [4.69, 9.17) is 0 Å². The van der Waals surface area contributed by atoms with Gasteiger partial charge in [0, 0.05) is 26.1 Å². The normalized spacial score (nSPS) is 10.3. The fraction of sp³-hybridized carbons (Fsp3) is 0.500. The molecule has 1 amide bonds. The van der Waals surface area contributed by atoms with E-state index in [9.17, 15) is 4.79 Å². The Labute approximate surface area is 104 Å². The van der Waals surface area contributed by atoms with Crippen LogP contribution in [0.5, 0.6) is 0 Å². The van der Waals surface area contributed by atoms with E-state index in [0.29, 0.717) is 13.0 Å². The number of aryl methyl sites for hydroxylation is 1. The van der Waals surface area contributed by atoms with E-state index in [1.807, 2.05) is 24.9 Å². The predicted octanol–water partition coefficient (Wildman–Crippen LogP) is 1.95. The van der Waals surface area contributed by atoms with Gasteiger partial charge in [0.15, 0.2) is 0 Å². The largest absolute Gasteiger partial charge is 0.339 e. The summed E-state index contributed by atoms with van der Waals surface area (Å²) in [5.41, 5.74) is 2.44. The number of carbonyl (C=O) groups is 1. The molecule has 0 aliphatic rings. The predicted molar refractivity (Wildman–Crippen MR) is 70.8 cm³/mol. The highest BCUT2D eigenvalue weighted by atomic mass is 16.2. The Kier molecular flexibility index (Phi) is 5.70. The van der Waals surface area contributed by atoms with E-state index in [-0.39, 0.29) is 5.91 Å². The summed E-state index contributed by atoms with van der Waals surface area (Å²) in [5, 5.41) is 3.00. The molecule has 0 aliphatic carbocycles. The summed E-state index contributed by atoms with van der Waals surface area (Å²) >= 11 is 0. The first-order valence-electron chi connectivity index (χ1n) is 6.15. The van der Waals surface area contributed by atoms with E-state index < -0.39 is 0 Å². The minimum atomic E-state index is 0.211. The average Bonchev–Trinajstić information content (AvgIpc) is 2.33. The molecule has 0 saturated carbocycles. The fourth-order valence-electron chi connectivity index (χ4n) is 1.80. The average molecular weight is 234 g/mol. The first-order chi connectivity index (χ1) is 8.17. The van der Waals surface area contributed by atoms with Crippen molar-refractivity contribution in [2.75, 3.05) is 20.1 Å². The lowest BCUT2D eigenvalue weighted by Gasteiger charge is -2.21. The van der Waals surface area contributed by atoms with Gasteiger partial charge < -0.3 is 10.2 Å². The van der Waals surface area contributed by atoms with Crippen molar-refractivity contribution in [3.05, 3.63) is 35.4 Å². The zero-order valence-electron chi connectivity index (χ0n) is 11.0. The quantitative estimate of drug-likeness (QED) is 0.816. The number of hydrogen-bond donors (Lipinski definition) is 1. The maximum absolute atomic E-state index is 11.9. The van der Waals surface area contributed by atoms with E-state index >= 15 is 0 Å². The van der Waals surface area contributed by atoms with Crippen LogP contribution in [0, 0.1) is 6.92 Å². The molecule has 0 fully saturated rings. The summed E-state index contributed by atoms with van der Waals surface area (Å²) in [6.45, 7) is 6.30. The molecular weight excluding hydrogens is 212 g/mol. The van der Waals surface area contributed by atoms with Gasteiger partial charge in [-0.1, -0.05) is 29.8 Å². The Morgan fingerprint density at radius 2 is 2.18 bits per heavy atom. The number of amides is 1. The number of nitrogens with zero attached hydrogens (tertiary/aromatic N) is 1. The van der Waals surface area contributed by atoms with Gasteiger partial charge in [0.25, 0.3) is 0 Å². The SMILES string of the molecule is CCN(Cc1cccc(C)c1)C(=O)CCNC. The monoisotopic (exact) mass is 234 g/mol. The number of carbonyl (C=O) groups excluding carboxylic acids is 1. The summed E-state index contributed by atoms with van der Waals surface area (Å²) in [4.78, 5) is 13.8. The van der Waals surface area contributed by atoms with Gasteiger partial charge in [-0.3, -0.25) is 4.79 Å². The second kappa shape index (κ2) is 7.07. The number of hydrogen-bond acceptors (Lipinski definition) is 2. The number of nitrogens with one attached hydrogen (secondary N) is 1. The van der Waals surface area contributed by atoms with Crippen LogP contribution >= 0.6 is 0 Å². The Morgan fingerprint density at radius 1 is 1.41 bits per heavy atom.